The molecule has 1 aromatic carbocycles. The number of aliphatic hydroxyl groups excluding tert-OH is 1. The molecule has 0 fully saturated rings. The summed E-state index contributed by atoms with van der Waals surface area (Å²) in [5.41, 5.74) is -0.380. The van der Waals surface area contributed by atoms with Crippen molar-refractivity contribution in [2.45, 2.75) is 19.8 Å². The van der Waals surface area contributed by atoms with Gasteiger partial charge in [0.15, 0.2) is 0 Å². The number of unbranched alkanes of at least 4 members (excludes halogenated alkanes) is 1. The van der Waals surface area contributed by atoms with Crippen LogP contribution in [-0.4, -0.2) is 46.4 Å². The van der Waals surface area contributed by atoms with E-state index < -0.39 is 24.5 Å². The molecule has 0 amide bonds. The second kappa shape index (κ2) is 10.4. The van der Waals surface area contributed by atoms with E-state index in [1.807, 2.05) is 6.92 Å². The van der Waals surface area contributed by atoms with Crippen LogP contribution < -0.4 is 0 Å². The summed E-state index contributed by atoms with van der Waals surface area (Å²) in [6, 6.07) is 5.48. The standard InChI is InChI=1S/C8H6O4.C6H12O3/c9-7(10)5-3-1-2-4-6(5)8(11)12;1-2-3-4-9-6(8)5-7/h1-4H,(H,9,10)(H,11,12);7H,2-5H2,1H3. The van der Waals surface area contributed by atoms with Crippen LogP contribution in [0.1, 0.15) is 40.5 Å². The average Bonchev–Trinajstić information content (AvgIpc) is 2.47. The molecular weight excluding hydrogens is 280 g/mol. The molecule has 0 radical (unpaired) electrons. The first-order chi connectivity index (χ1) is 9.93. The summed E-state index contributed by atoms with van der Waals surface area (Å²) in [5, 5.41) is 25.3. The minimum absolute atomic E-state index is 0.190. The zero-order valence-corrected chi connectivity index (χ0v) is 11.6. The van der Waals surface area contributed by atoms with Crippen LogP contribution in [0.25, 0.3) is 0 Å². The third-order valence-corrected chi connectivity index (χ3v) is 2.28. The number of rotatable bonds is 6. The lowest BCUT2D eigenvalue weighted by atomic mass is 10.1. The van der Waals surface area contributed by atoms with Gasteiger partial charge < -0.3 is 20.1 Å². The minimum Gasteiger partial charge on any atom is -0.478 e. The third-order valence-electron chi connectivity index (χ3n) is 2.28. The summed E-state index contributed by atoms with van der Waals surface area (Å²) < 4.78 is 4.54. The number of carboxylic acid groups (broad SMARTS) is 2. The van der Waals surface area contributed by atoms with Gasteiger partial charge in [-0.1, -0.05) is 25.5 Å². The van der Waals surface area contributed by atoms with Crippen LogP contribution in [0.3, 0.4) is 0 Å². The minimum atomic E-state index is -1.23. The number of hydrogen-bond acceptors (Lipinski definition) is 5. The Hall–Kier alpha value is -2.41. The Morgan fingerprint density at radius 3 is 1.86 bits per heavy atom. The van der Waals surface area contributed by atoms with Crippen molar-refractivity contribution >= 4 is 17.9 Å². The number of benzene rings is 1. The zero-order chi connectivity index (χ0) is 16.3. The third kappa shape index (κ3) is 7.68. The van der Waals surface area contributed by atoms with Gasteiger partial charge in [-0.3, -0.25) is 0 Å². The number of carboxylic acids is 2. The van der Waals surface area contributed by atoms with Gasteiger partial charge in [0.25, 0.3) is 0 Å². The Labute approximate surface area is 121 Å². The van der Waals surface area contributed by atoms with Crippen LogP contribution in [0.2, 0.25) is 0 Å². The second-order valence-corrected chi connectivity index (χ2v) is 3.89. The number of aliphatic hydroxyl groups is 1. The quantitative estimate of drug-likeness (QED) is 0.536. The van der Waals surface area contributed by atoms with Crippen molar-refractivity contribution in [1.82, 2.24) is 0 Å². The molecule has 7 nitrogen and oxygen atoms in total. The summed E-state index contributed by atoms with van der Waals surface area (Å²) in [6.07, 6.45) is 1.87. The topological polar surface area (TPSA) is 121 Å². The first kappa shape index (κ1) is 18.6. The van der Waals surface area contributed by atoms with E-state index in [0.717, 1.165) is 12.8 Å². The predicted octanol–water partition coefficient (Wildman–Crippen LogP) is 1.41. The first-order valence-electron chi connectivity index (χ1n) is 6.26. The average molecular weight is 298 g/mol. The predicted molar refractivity (Wildman–Crippen MR) is 73.3 cm³/mol. The second-order valence-electron chi connectivity index (χ2n) is 3.89. The lowest BCUT2D eigenvalue weighted by Crippen LogP contribution is -2.09. The molecule has 7 heteroatoms. The summed E-state index contributed by atoms with van der Waals surface area (Å²) >= 11 is 0. The van der Waals surface area contributed by atoms with Crippen molar-refractivity contribution in [3.05, 3.63) is 35.4 Å². The van der Waals surface area contributed by atoms with Crippen molar-refractivity contribution in [3.8, 4) is 0 Å². The molecule has 0 heterocycles. The van der Waals surface area contributed by atoms with Crippen molar-refractivity contribution in [1.29, 1.82) is 0 Å². The smallest absolute Gasteiger partial charge is 0.336 e. The van der Waals surface area contributed by atoms with Gasteiger partial charge >= 0.3 is 17.9 Å². The lowest BCUT2D eigenvalue weighted by Gasteiger charge is -1.98. The molecular formula is C14H18O7. The fraction of sp³-hybridized carbons (Fsp3) is 0.357. The molecule has 0 saturated carbocycles. The maximum Gasteiger partial charge on any atom is 0.336 e. The van der Waals surface area contributed by atoms with Crippen molar-refractivity contribution in [3.63, 3.8) is 0 Å². The van der Waals surface area contributed by atoms with E-state index in [0.29, 0.717) is 6.61 Å². The van der Waals surface area contributed by atoms with E-state index in [1.165, 1.54) is 24.3 Å². The van der Waals surface area contributed by atoms with E-state index >= 15 is 0 Å². The van der Waals surface area contributed by atoms with Crippen molar-refractivity contribution < 1.29 is 34.4 Å². The SMILES string of the molecule is CCCCOC(=O)CO.O=C(O)c1ccccc1C(=O)O. The van der Waals surface area contributed by atoms with Crippen LogP contribution in [0.4, 0.5) is 0 Å². The molecule has 0 aliphatic carbocycles. The van der Waals surface area contributed by atoms with Crippen LogP contribution in [0.15, 0.2) is 24.3 Å². The molecule has 3 N–H and O–H groups in total. The summed E-state index contributed by atoms with van der Waals surface area (Å²) in [6.45, 7) is 1.92. The normalized spacial score (nSPS) is 9.24. The van der Waals surface area contributed by atoms with Crippen LogP contribution in [0, 0.1) is 0 Å². The highest BCUT2D eigenvalue weighted by molar-refractivity contribution is 6.01. The van der Waals surface area contributed by atoms with E-state index in [4.69, 9.17) is 15.3 Å². The Morgan fingerprint density at radius 1 is 1.05 bits per heavy atom. The monoisotopic (exact) mass is 298 g/mol. The van der Waals surface area contributed by atoms with Crippen LogP contribution in [-0.2, 0) is 9.53 Å². The molecule has 1 aromatic rings. The Bertz CT molecular complexity index is 449. The van der Waals surface area contributed by atoms with Crippen LogP contribution >= 0.6 is 0 Å². The number of ether oxygens (including phenoxy) is 1. The fourth-order valence-corrected chi connectivity index (χ4v) is 1.23. The molecule has 0 saturated heterocycles. The first-order valence-corrected chi connectivity index (χ1v) is 6.26. The van der Waals surface area contributed by atoms with Gasteiger partial charge in [-0.05, 0) is 18.6 Å². The molecule has 0 aliphatic heterocycles. The van der Waals surface area contributed by atoms with Crippen molar-refractivity contribution in [2.75, 3.05) is 13.2 Å². The zero-order valence-electron chi connectivity index (χ0n) is 11.6. The van der Waals surface area contributed by atoms with Gasteiger partial charge in [-0.25, -0.2) is 14.4 Å². The number of carbonyl (C=O) groups is 3. The highest BCUT2D eigenvalue weighted by atomic mass is 16.5. The number of esters is 1. The van der Waals surface area contributed by atoms with Crippen LogP contribution in [0.5, 0.6) is 0 Å². The molecule has 0 spiro atoms. The molecule has 21 heavy (non-hydrogen) atoms. The van der Waals surface area contributed by atoms with Gasteiger partial charge in [-0.15, -0.1) is 0 Å². The lowest BCUT2D eigenvalue weighted by molar-refractivity contribution is -0.146. The largest absolute Gasteiger partial charge is 0.478 e. The molecule has 0 aliphatic rings. The number of hydrogen-bond donors (Lipinski definition) is 3. The summed E-state index contributed by atoms with van der Waals surface area (Å²) in [5.74, 6) is -3.00. The molecule has 1 rings (SSSR count). The Balaban J connectivity index is 0.000000400. The highest BCUT2D eigenvalue weighted by Gasteiger charge is 2.13. The summed E-state index contributed by atoms with van der Waals surface area (Å²) in [7, 11) is 0. The molecule has 0 unspecified atom stereocenters. The maximum absolute atomic E-state index is 10.5. The van der Waals surface area contributed by atoms with Gasteiger partial charge in [0.2, 0.25) is 0 Å². The maximum atomic E-state index is 10.5. The Kier molecular flexibility index (Phi) is 9.19. The Morgan fingerprint density at radius 2 is 1.52 bits per heavy atom. The molecule has 0 aromatic heterocycles. The highest BCUT2D eigenvalue weighted by Crippen LogP contribution is 2.07. The van der Waals surface area contributed by atoms with Gasteiger partial charge in [0.05, 0.1) is 17.7 Å². The van der Waals surface area contributed by atoms with E-state index in [-0.39, 0.29) is 11.1 Å². The van der Waals surface area contributed by atoms with Gasteiger partial charge in [0, 0.05) is 0 Å². The van der Waals surface area contributed by atoms with Gasteiger partial charge in [-0.2, -0.15) is 0 Å². The number of aromatic carboxylic acids is 2. The molecule has 0 bridgehead atoms. The van der Waals surface area contributed by atoms with E-state index in [1.54, 1.807) is 0 Å². The molecule has 0 atom stereocenters. The van der Waals surface area contributed by atoms with Gasteiger partial charge in [0.1, 0.15) is 6.61 Å². The molecule has 116 valence electrons. The fourth-order valence-electron chi connectivity index (χ4n) is 1.23. The van der Waals surface area contributed by atoms with Crippen molar-refractivity contribution in [2.24, 2.45) is 0 Å². The van der Waals surface area contributed by atoms with E-state index in [9.17, 15) is 14.4 Å². The summed E-state index contributed by atoms with van der Waals surface area (Å²) in [4.78, 5) is 31.1. The number of carbonyl (C=O) groups excluding carboxylic acids is 1. The van der Waals surface area contributed by atoms with E-state index in [2.05, 4.69) is 4.74 Å².